The molecule has 7 heteroatoms. The van der Waals surface area contributed by atoms with E-state index in [1.165, 1.54) is 19.3 Å². The number of nitrogens with one attached hydrogen (secondary N) is 1. The highest BCUT2D eigenvalue weighted by Gasteiger charge is 2.35. The smallest absolute Gasteiger partial charge is 0.274 e. The molecule has 0 atom stereocenters. The zero-order valence-corrected chi connectivity index (χ0v) is 23.1. The number of nitrogens with zero attached hydrogens (tertiary/aromatic N) is 3. The van der Waals surface area contributed by atoms with Crippen molar-refractivity contribution in [2.75, 3.05) is 19.8 Å². The molecule has 0 spiro atoms. The number of halogens is 1. The highest BCUT2D eigenvalue weighted by Crippen LogP contribution is 2.33. The molecule has 0 bridgehead atoms. The monoisotopic (exact) mass is 498 g/mol. The van der Waals surface area contributed by atoms with Gasteiger partial charge in [-0.15, -0.1) is 0 Å². The Morgan fingerprint density at radius 2 is 1.67 bits per heavy atom. The summed E-state index contributed by atoms with van der Waals surface area (Å²) in [6.45, 7) is 16.4. The van der Waals surface area contributed by atoms with E-state index < -0.39 is 11.7 Å². The molecule has 1 amide bonds. The second-order valence-electron chi connectivity index (χ2n) is 13.3. The molecule has 1 N–H and O–H groups in total. The SMILES string of the molecule is CC1(CNC(=O)c2nn(-c3cc(C(C)(C)C)nc(C(C)(C)C)c3)c(CC3CCCCC3)c2F)COC1. The van der Waals surface area contributed by atoms with Gasteiger partial charge in [0.15, 0.2) is 11.5 Å². The van der Waals surface area contributed by atoms with E-state index in [-0.39, 0.29) is 21.9 Å². The summed E-state index contributed by atoms with van der Waals surface area (Å²) >= 11 is 0. The van der Waals surface area contributed by atoms with Crippen molar-refractivity contribution in [1.29, 1.82) is 0 Å². The number of aromatic nitrogens is 3. The first kappa shape index (κ1) is 26.8. The van der Waals surface area contributed by atoms with Crippen LogP contribution in [0.4, 0.5) is 4.39 Å². The van der Waals surface area contributed by atoms with Gasteiger partial charge in [-0.2, -0.15) is 5.10 Å². The van der Waals surface area contributed by atoms with Gasteiger partial charge in [-0.25, -0.2) is 9.07 Å². The van der Waals surface area contributed by atoms with Crippen LogP contribution >= 0.6 is 0 Å². The summed E-state index contributed by atoms with van der Waals surface area (Å²) in [4.78, 5) is 18.1. The maximum Gasteiger partial charge on any atom is 0.274 e. The van der Waals surface area contributed by atoms with Crippen LogP contribution < -0.4 is 5.32 Å². The fraction of sp³-hybridized carbons (Fsp3) is 0.690. The molecule has 1 aliphatic heterocycles. The first-order chi connectivity index (χ1) is 16.8. The predicted octanol–water partition coefficient (Wildman–Crippen LogP) is 5.89. The van der Waals surface area contributed by atoms with Crippen molar-refractivity contribution in [1.82, 2.24) is 20.1 Å². The zero-order valence-electron chi connectivity index (χ0n) is 23.1. The van der Waals surface area contributed by atoms with Gasteiger partial charge in [0.2, 0.25) is 0 Å². The second-order valence-corrected chi connectivity index (χ2v) is 13.3. The Balaban J connectivity index is 1.77. The average molecular weight is 499 g/mol. The Labute approximate surface area is 215 Å². The molecule has 4 rings (SSSR count). The van der Waals surface area contributed by atoms with Crippen LogP contribution in [0, 0.1) is 17.2 Å². The maximum absolute atomic E-state index is 16.0. The zero-order chi connectivity index (χ0) is 26.3. The molecule has 2 fully saturated rings. The van der Waals surface area contributed by atoms with Crippen LogP contribution in [-0.2, 0) is 22.0 Å². The molecule has 2 aliphatic rings. The largest absolute Gasteiger partial charge is 0.380 e. The summed E-state index contributed by atoms with van der Waals surface area (Å²) in [6, 6.07) is 4.00. The van der Waals surface area contributed by atoms with Gasteiger partial charge in [-0.05, 0) is 24.5 Å². The lowest BCUT2D eigenvalue weighted by Gasteiger charge is -2.37. The number of rotatable bonds is 6. The van der Waals surface area contributed by atoms with E-state index in [2.05, 4.69) is 58.9 Å². The van der Waals surface area contributed by atoms with Gasteiger partial charge in [0, 0.05) is 34.2 Å². The molecule has 1 saturated heterocycles. The van der Waals surface area contributed by atoms with Gasteiger partial charge < -0.3 is 10.1 Å². The molecular weight excluding hydrogens is 455 g/mol. The van der Waals surface area contributed by atoms with E-state index in [1.807, 2.05) is 12.1 Å². The molecule has 6 nitrogen and oxygen atoms in total. The maximum atomic E-state index is 16.0. The first-order valence-corrected chi connectivity index (χ1v) is 13.4. The third-order valence-electron chi connectivity index (χ3n) is 7.51. The van der Waals surface area contributed by atoms with E-state index in [9.17, 15) is 4.79 Å². The molecule has 3 heterocycles. The minimum Gasteiger partial charge on any atom is -0.380 e. The summed E-state index contributed by atoms with van der Waals surface area (Å²) in [7, 11) is 0. The molecule has 2 aromatic heterocycles. The van der Waals surface area contributed by atoms with Gasteiger partial charge >= 0.3 is 0 Å². The summed E-state index contributed by atoms with van der Waals surface area (Å²) < 4.78 is 23.0. The van der Waals surface area contributed by atoms with Crippen molar-refractivity contribution in [2.24, 2.45) is 11.3 Å². The van der Waals surface area contributed by atoms with Crippen LogP contribution in [0.3, 0.4) is 0 Å². The topological polar surface area (TPSA) is 69.0 Å². The third kappa shape index (κ3) is 5.82. The highest BCUT2D eigenvalue weighted by atomic mass is 19.1. The van der Waals surface area contributed by atoms with Gasteiger partial charge in [0.05, 0.1) is 24.6 Å². The van der Waals surface area contributed by atoms with E-state index in [4.69, 9.17) is 9.72 Å². The predicted molar refractivity (Wildman–Crippen MR) is 140 cm³/mol. The Hall–Kier alpha value is -2.28. The van der Waals surface area contributed by atoms with Gasteiger partial charge in [-0.1, -0.05) is 80.6 Å². The number of hydrogen-bond donors (Lipinski definition) is 1. The van der Waals surface area contributed by atoms with Crippen LogP contribution in [0.2, 0.25) is 0 Å². The number of carbonyl (C=O) groups is 1. The number of amides is 1. The minimum absolute atomic E-state index is 0.103. The van der Waals surface area contributed by atoms with Crippen LogP contribution in [0.15, 0.2) is 12.1 Å². The minimum atomic E-state index is -0.500. The Bertz CT molecular complexity index is 1070. The van der Waals surface area contributed by atoms with Crippen molar-refractivity contribution in [3.05, 3.63) is 40.7 Å². The summed E-state index contributed by atoms with van der Waals surface area (Å²) in [5, 5.41) is 7.51. The van der Waals surface area contributed by atoms with Crippen molar-refractivity contribution in [3.63, 3.8) is 0 Å². The molecule has 0 radical (unpaired) electrons. The number of pyridine rings is 1. The summed E-state index contributed by atoms with van der Waals surface area (Å²) in [6.07, 6.45) is 6.33. The van der Waals surface area contributed by atoms with Crippen molar-refractivity contribution < 1.29 is 13.9 Å². The number of hydrogen-bond acceptors (Lipinski definition) is 4. The Morgan fingerprint density at radius 3 is 2.17 bits per heavy atom. The van der Waals surface area contributed by atoms with Crippen molar-refractivity contribution in [2.45, 2.75) is 97.8 Å². The molecule has 198 valence electrons. The Morgan fingerprint density at radius 1 is 1.08 bits per heavy atom. The van der Waals surface area contributed by atoms with Crippen molar-refractivity contribution in [3.8, 4) is 5.69 Å². The second kappa shape index (κ2) is 9.88. The molecule has 1 aliphatic carbocycles. The van der Waals surface area contributed by atoms with E-state index in [0.717, 1.165) is 29.9 Å². The lowest BCUT2D eigenvalue weighted by atomic mass is 9.85. The van der Waals surface area contributed by atoms with Crippen LogP contribution in [0.1, 0.15) is 108 Å². The fourth-order valence-electron chi connectivity index (χ4n) is 4.97. The third-order valence-corrected chi connectivity index (χ3v) is 7.51. The lowest BCUT2D eigenvalue weighted by molar-refractivity contribution is -0.0978. The van der Waals surface area contributed by atoms with Gasteiger partial charge in [-0.3, -0.25) is 9.78 Å². The normalized spacial score (nSPS) is 18.7. The summed E-state index contributed by atoms with van der Waals surface area (Å²) in [5.74, 6) is -0.568. The van der Waals surface area contributed by atoms with Crippen molar-refractivity contribution >= 4 is 5.91 Å². The van der Waals surface area contributed by atoms with Crippen LogP contribution in [0.25, 0.3) is 5.69 Å². The average Bonchev–Trinajstić information content (AvgIpc) is 3.11. The Kier molecular flexibility index (Phi) is 7.35. The molecule has 0 aromatic carbocycles. The summed E-state index contributed by atoms with van der Waals surface area (Å²) in [5.41, 5.74) is 2.50. The lowest BCUT2D eigenvalue weighted by Crippen LogP contribution is -2.48. The van der Waals surface area contributed by atoms with Gasteiger partial charge in [0.1, 0.15) is 0 Å². The molecule has 0 unspecified atom stereocenters. The van der Waals surface area contributed by atoms with Crippen LogP contribution in [-0.4, -0.2) is 40.4 Å². The van der Waals surface area contributed by atoms with Crippen LogP contribution in [0.5, 0.6) is 0 Å². The quantitative estimate of drug-likeness (QED) is 0.539. The molecule has 2 aromatic rings. The molecule has 1 saturated carbocycles. The van der Waals surface area contributed by atoms with Gasteiger partial charge in [0.25, 0.3) is 5.91 Å². The molecule has 36 heavy (non-hydrogen) atoms. The first-order valence-electron chi connectivity index (χ1n) is 13.4. The molecular formula is C29H43FN4O2. The van der Waals surface area contributed by atoms with E-state index in [1.54, 1.807) is 4.68 Å². The number of ether oxygens (including phenoxy) is 1. The van der Waals surface area contributed by atoms with E-state index in [0.29, 0.717) is 37.8 Å². The number of carbonyl (C=O) groups excluding carboxylic acids is 1. The fourth-order valence-corrected chi connectivity index (χ4v) is 4.97. The highest BCUT2D eigenvalue weighted by molar-refractivity contribution is 5.92. The van der Waals surface area contributed by atoms with E-state index >= 15 is 4.39 Å². The standard InChI is InChI=1S/C29H43FN4O2/c1-27(2,3)22-14-20(15-23(32-22)28(4,5)6)34-21(13-19-11-9-8-10-12-19)24(30)25(33-34)26(35)31-16-29(7)17-36-18-29/h14-15,19H,8-13,16-18H2,1-7H3,(H,31,35).